The van der Waals surface area contributed by atoms with Gasteiger partial charge in [-0.2, -0.15) is 0 Å². The number of halogens is 1. The molecule has 4 atom stereocenters. The Kier molecular flexibility index (Phi) is 6.18. The van der Waals surface area contributed by atoms with Gasteiger partial charge in [0.15, 0.2) is 6.79 Å². The van der Waals surface area contributed by atoms with Gasteiger partial charge in [-0.25, -0.2) is 5.10 Å². The molecule has 3 saturated carbocycles. The Bertz CT molecular complexity index is 762. The van der Waals surface area contributed by atoms with Gasteiger partial charge in [-0.3, -0.25) is 4.79 Å². The Morgan fingerprint density at radius 1 is 1.32 bits per heavy atom. The van der Waals surface area contributed by atoms with Gasteiger partial charge >= 0.3 is 0 Å². The van der Waals surface area contributed by atoms with Crippen molar-refractivity contribution in [2.45, 2.75) is 65.3 Å². The maximum atomic E-state index is 12.0. The van der Waals surface area contributed by atoms with Crippen molar-refractivity contribution in [3.63, 3.8) is 0 Å². The van der Waals surface area contributed by atoms with E-state index in [0.29, 0.717) is 41.3 Å². The van der Waals surface area contributed by atoms with E-state index in [1.54, 1.807) is 0 Å². The third kappa shape index (κ3) is 4.41. The van der Waals surface area contributed by atoms with E-state index in [1.807, 2.05) is 0 Å². The van der Waals surface area contributed by atoms with Crippen LogP contribution in [0, 0.1) is 23.2 Å². The topological polar surface area (TPSA) is 76.2 Å². The molecule has 0 unspecified atom stereocenters. The molecule has 3 aliphatic rings. The Balaban J connectivity index is 1.65. The van der Waals surface area contributed by atoms with Gasteiger partial charge in [0.1, 0.15) is 10.7 Å². The first-order valence-electron chi connectivity index (χ1n) is 10.3. The van der Waals surface area contributed by atoms with Crippen LogP contribution in [0.2, 0.25) is 30.7 Å². The van der Waals surface area contributed by atoms with Crippen LogP contribution in [0.5, 0.6) is 5.88 Å². The third-order valence-electron chi connectivity index (χ3n) is 6.85. The summed E-state index contributed by atoms with van der Waals surface area (Å²) >= 11 is 6.31. The minimum absolute atomic E-state index is 0.0903. The van der Waals surface area contributed by atoms with E-state index in [0.717, 1.165) is 12.5 Å². The number of nitrogens with zero attached hydrogens (tertiary/aromatic N) is 1. The zero-order valence-electron chi connectivity index (χ0n) is 17.9. The minimum Gasteiger partial charge on any atom is -0.448 e. The second-order valence-electron chi connectivity index (χ2n) is 10.2. The third-order valence-corrected chi connectivity index (χ3v) is 8.92. The SMILES string of the molecule is C[C@H]1[C@H](Nc2c(OCOCC[Si](C)(C)C)n[nH]c(=O)c2Cl)C[C@H]2C[C@@H]1C2(C)C. The fourth-order valence-electron chi connectivity index (χ4n) is 4.70. The van der Waals surface area contributed by atoms with E-state index in [-0.39, 0.29) is 17.9 Å². The number of ether oxygens (including phenoxy) is 2. The molecule has 0 radical (unpaired) electrons. The van der Waals surface area contributed by atoms with Crippen molar-refractivity contribution in [1.29, 1.82) is 0 Å². The number of hydrogen-bond acceptors (Lipinski definition) is 5. The molecule has 2 bridgehead atoms. The van der Waals surface area contributed by atoms with Crippen LogP contribution in [0.15, 0.2) is 4.79 Å². The average Bonchev–Trinajstić information content (AvgIpc) is 2.60. The minimum atomic E-state index is -1.14. The number of aromatic amines is 1. The van der Waals surface area contributed by atoms with Crippen LogP contribution < -0.4 is 15.6 Å². The number of aromatic nitrogens is 2. The van der Waals surface area contributed by atoms with Gasteiger partial charge in [-0.15, -0.1) is 5.10 Å². The van der Waals surface area contributed by atoms with Crippen molar-refractivity contribution in [3.05, 3.63) is 15.4 Å². The molecule has 28 heavy (non-hydrogen) atoms. The molecule has 2 N–H and O–H groups in total. The average molecular weight is 428 g/mol. The summed E-state index contributed by atoms with van der Waals surface area (Å²) < 4.78 is 11.3. The molecule has 3 fully saturated rings. The van der Waals surface area contributed by atoms with Gasteiger partial charge in [-0.05, 0) is 42.1 Å². The predicted molar refractivity (Wildman–Crippen MR) is 116 cm³/mol. The number of nitrogens with one attached hydrogen (secondary N) is 2. The molecule has 1 aromatic rings. The maximum absolute atomic E-state index is 12.0. The number of H-pyrrole nitrogens is 1. The lowest BCUT2D eigenvalue weighted by atomic mass is 9.45. The largest absolute Gasteiger partial charge is 0.448 e. The first-order valence-corrected chi connectivity index (χ1v) is 14.3. The van der Waals surface area contributed by atoms with Gasteiger partial charge in [0.25, 0.3) is 11.4 Å². The van der Waals surface area contributed by atoms with Gasteiger partial charge in [0, 0.05) is 20.7 Å². The highest BCUT2D eigenvalue weighted by Crippen LogP contribution is 2.61. The fraction of sp³-hybridized carbons (Fsp3) is 0.800. The van der Waals surface area contributed by atoms with Crippen LogP contribution in [-0.4, -0.2) is 37.7 Å². The highest BCUT2D eigenvalue weighted by Gasteiger charge is 2.56. The van der Waals surface area contributed by atoms with E-state index < -0.39 is 13.6 Å². The number of anilines is 1. The van der Waals surface area contributed by atoms with E-state index >= 15 is 0 Å². The van der Waals surface area contributed by atoms with Gasteiger partial charge < -0.3 is 14.8 Å². The molecule has 0 amide bonds. The molecule has 0 spiro atoms. The molecule has 6 nitrogen and oxygen atoms in total. The van der Waals surface area contributed by atoms with Crippen molar-refractivity contribution >= 4 is 25.4 Å². The Morgan fingerprint density at radius 3 is 2.64 bits per heavy atom. The van der Waals surface area contributed by atoms with Crippen LogP contribution in [0.4, 0.5) is 5.69 Å². The molecule has 0 aromatic carbocycles. The molecule has 4 rings (SSSR count). The summed E-state index contributed by atoms with van der Waals surface area (Å²) in [4.78, 5) is 12.0. The Labute approximate surface area is 173 Å². The van der Waals surface area contributed by atoms with Crippen LogP contribution >= 0.6 is 11.6 Å². The first kappa shape index (κ1) is 21.7. The first-order chi connectivity index (χ1) is 13.0. The van der Waals surface area contributed by atoms with Gasteiger partial charge in [0.05, 0.1) is 0 Å². The van der Waals surface area contributed by atoms with Crippen molar-refractivity contribution in [1.82, 2.24) is 10.2 Å². The molecule has 158 valence electrons. The molecule has 1 heterocycles. The molecule has 8 heteroatoms. The standard InChI is InChI=1S/C20H34ClN3O3Si/c1-12-14-9-13(20(14,2)3)10-15(12)22-17-16(21)18(25)23-24-19(17)27-11-26-7-8-28(4,5)6/h12-15H,7-11H2,1-6H3,(H2,22,23,25)/t12-,13-,14+,15-/m1/s1. The summed E-state index contributed by atoms with van der Waals surface area (Å²) in [5.41, 5.74) is 0.470. The van der Waals surface area contributed by atoms with E-state index in [1.165, 1.54) is 6.42 Å². The lowest BCUT2D eigenvalue weighted by molar-refractivity contribution is -0.105. The Hall–Kier alpha value is -1.05. The smallest absolute Gasteiger partial charge is 0.285 e. The fourth-order valence-corrected chi connectivity index (χ4v) is 5.64. The lowest BCUT2D eigenvalue weighted by Crippen LogP contribution is -2.58. The molecule has 0 saturated heterocycles. The summed E-state index contributed by atoms with van der Waals surface area (Å²) in [5, 5.41) is 10.0. The normalized spacial score (nSPS) is 28.5. The number of hydrogen-bond donors (Lipinski definition) is 2. The number of rotatable bonds is 8. The monoisotopic (exact) mass is 427 g/mol. The lowest BCUT2D eigenvalue weighted by Gasteiger charge is -2.62. The summed E-state index contributed by atoms with van der Waals surface area (Å²) in [6, 6.07) is 1.33. The summed E-state index contributed by atoms with van der Waals surface area (Å²) in [6.45, 7) is 14.7. The van der Waals surface area contributed by atoms with Crippen LogP contribution in [0.25, 0.3) is 0 Å². The maximum Gasteiger partial charge on any atom is 0.285 e. The molecular formula is C20H34ClN3O3Si. The van der Waals surface area contributed by atoms with Gasteiger partial charge in [-0.1, -0.05) is 52.0 Å². The summed E-state index contributed by atoms with van der Waals surface area (Å²) in [6.07, 6.45) is 2.36. The summed E-state index contributed by atoms with van der Waals surface area (Å²) in [7, 11) is -1.14. The second kappa shape index (κ2) is 7.99. The van der Waals surface area contributed by atoms with Crippen LogP contribution in [0.3, 0.4) is 0 Å². The summed E-state index contributed by atoms with van der Waals surface area (Å²) in [5.74, 6) is 2.18. The quantitative estimate of drug-likeness (QED) is 0.360. The highest BCUT2D eigenvalue weighted by atomic mass is 35.5. The second-order valence-corrected chi connectivity index (χ2v) is 16.2. The van der Waals surface area contributed by atoms with Crippen molar-refractivity contribution in [3.8, 4) is 5.88 Å². The molecule has 3 aliphatic carbocycles. The highest BCUT2D eigenvalue weighted by molar-refractivity contribution is 6.76. The predicted octanol–water partition coefficient (Wildman–Crippen LogP) is 4.60. The molecule has 0 aliphatic heterocycles. The number of fused-ring (bicyclic) bond motifs is 2. The van der Waals surface area contributed by atoms with Crippen molar-refractivity contribution in [2.75, 3.05) is 18.7 Å². The van der Waals surface area contributed by atoms with E-state index in [4.69, 9.17) is 21.1 Å². The van der Waals surface area contributed by atoms with E-state index in [2.05, 4.69) is 55.9 Å². The van der Waals surface area contributed by atoms with E-state index in [9.17, 15) is 4.79 Å². The molecule has 1 aromatic heterocycles. The molecular weight excluding hydrogens is 394 g/mol. The van der Waals surface area contributed by atoms with Crippen molar-refractivity contribution < 1.29 is 9.47 Å². The zero-order valence-corrected chi connectivity index (χ0v) is 19.7. The van der Waals surface area contributed by atoms with Gasteiger partial charge in [0.2, 0.25) is 0 Å². The van der Waals surface area contributed by atoms with Crippen LogP contribution in [-0.2, 0) is 4.74 Å². The van der Waals surface area contributed by atoms with Crippen molar-refractivity contribution in [2.24, 2.45) is 23.2 Å². The van der Waals surface area contributed by atoms with Crippen LogP contribution in [0.1, 0.15) is 33.6 Å². The Morgan fingerprint density at radius 2 is 2.04 bits per heavy atom. The zero-order chi connectivity index (χ0) is 20.7.